The molecule has 1 amide bonds. The SMILES string of the molecule is CCN(Cc1ccccn1)C(=O)C1CNC1. The summed E-state index contributed by atoms with van der Waals surface area (Å²) in [5, 5.41) is 3.12. The maximum Gasteiger partial charge on any atom is 0.228 e. The number of nitrogens with zero attached hydrogens (tertiary/aromatic N) is 2. The van der Waals surface area contributed by atoms with E-state index in [2.05, 4.69) is 10.3 Å². The molecule has 0 atom stereocenters. The van der Waals surface area contributed by atoms with Gasteiger partial charge in [-0.25, -0.2) is 0 Å². The van der Waals surface area contributed by atoms with Gasteiger partial charge in [0.25, 0.3) is 0 Å². The van der Waals surface area contributed by atoms with E-state index in [-0.39, 0.29) is 11.8 Å². The summed E-state index contributed by atoms with van der Waals surface area (Å²) in [6, 6.07) is 5.79. The lowest BCUT2D eigenvalue weighted by atomic mass is 10.0. The van der Waals surface area contributed by atoms with Crippen molar-refractivity contribution in [2.75, 3.05) is 19.6 Å². The van der Waals surface area contributed by atoms with Crippen molar-refractivity contribution in [3.8, 4) is 0 Å². The summed E-state index contributed by atoms with van der Waals surface area (Å²) in [5.41, 5.74) is 0.949. The number of hydrogen-bond acceptors (Lipinski definition) is 3. The van der Waals surface area contributed by atoms with E-state index in [1.54, 1.807) is 6.20 Å². The molecule has 0 radical (unpaired) electrons. The van der Waals surface area contributed by atoms with Crippen LogP contribution in [0.1, 0.15) is 12.6 Å². The second-order valence-corrected chi connectivity index (χ2v) is 4.03. The Morgan fingerprint density at radius 2 is 2.38 bits per heavy atom. The third kappa shape index (κ3) is 2.39. The van der Waals surface area contributed by atoms with Crippen LogP contribution in [-0.4, -0.2) is 35.4 Å². The van der Waals surface area contributed by atoms with E-state index in [9.17, 15) is 4.79 Å². The number of pyridine rings is 1. The molecule has 0 aliphatic carbocycles. The number of carbonyl (C=O) groups excluding carboxylic acids is 1. The zero-order chi connectivity index (χ0) is 11.4. The highest BCUT2D eigenvalue weighted by Crippen LogP contribution is 2.10. The van der Waals surface area contributed by atoms with Crippen LogP contribution >= 0.6 is 0 Å². The van der Waals surface area contributed by atoms with Crippen molar-refractivity contribution in [1.29, 1.82) is 0 Å². The summed E-state index contributed by atoms with van der Waals surface area (Å²) in [7, 11) is 0. The van der Waals surface area contributed by atoms with Crippen molar-refractivity contribution in [2.24, 2.45) is 5.92 Å². The average molecular weight is 219 g/mol. The van der Waals surface area contributed by atoms with Crippen molar-refractivity contribution in [3.63, 3.8) is 0 Å². The smallest absolute Gasteiger partial charge is 0.228 e. The Bertz CT molecular complexity index is 349. The molecular weight excluding hydrogens is 202 g/mol. The normalized spacial score (nSPS) is 15.6. The Hall–Kier alpha value is -1.42. The molecule has 2 rings (SSSR count). The largest absolute Gasteiger partial charge is 0.337 e. The maximum absolute atomic E-state index is 12.0. The van der Waals surface area contributed by atoms with Gasteiger partial charge in [0.05, 0.1) is 18.2 Å². The third-order valence-electron chi connectivity index (χ3n) is 2.90. The highest BCUT2D eigenvalue weighted by molar-refractivity contribution is 5.80. The van der Waals surface area contributed by atoms with Gasteiger partial charge in [0.2, 0.25) is 5.91 Å². The zero-order valence-corrected chi connectivity index (χ0v) is 9.52. The van der Waals surface area contributed by atoms with Gasteiger partial charge in [-0.15, -0.1) is 0 Å². The first kappa shape index (κ1) is 11.1. The van der Waals surface area contributed by atoms with Crippen LogP contribution in [-0.2, 0) is 11.3 Å². The minimum Gasteiger partial charge on any atom is -0.337 e. The van der Waals surface area contributed by atoms with Crippen molar-refractivity contribution >= 4 is 5.91 Å². The number of amides is 1. The van der Waals surface area contributed by atoms with Crippen molar-refractivity contribution < 1.29 is 4.79 Å². The predicted octanol–water partition coefficient (Wildman–Crippen LogP) is 0.649. The molecule has 0 bridgehead atoms. The second-order valence-electron chi connectivity index (χ2n) is 4.03. The molecule has 0 spiro atoms. The first-order valence-corrected chi connectivity index (χ1v) is 5.70. The molecule has 86 valence electrons. The van der Waals surface area contributed by atoms with E-state index in [0.29, 0.717) is 6.54 Å². The summed E-state index contributed by atoms with van der Waals surface area (Å²) in [6.45, 7) is 5.00. The molecule has 4 nitrogen and oxygen atoms in total. The van der Waals surface area contributed by atoms with Gasteiger partial charge in [-0.05, 0) is 19.1 Å². The van der Waals surface area contributed by atoms with Gasteiger partial charge in [0.1, 0.15) is 0 Å². The van der Waals surface area contributed by atoms with E-state index >= 15 is 0 Å². The predicted molar refractivity (Wildman–Crippen MR) is 61.7 cm³/mol. The van der Waals surface area contributed by atoms with Crippen LogP contribution in [0.3, 0.4) is 0 Å². The molecule has 4 heteroatoms. The van der Waals surface area contributed by atoms with Crippen molar-refractivity contribution in [2.45, 2.75) is 13.5 Å². The Kier molecular flexibility index (Phi) is 3.51. The summed E-state index contributed by atoms with van der Waals surface area (Å²) < 4.78 is 0. The van der Waals surface area contributed by atoms with E-state index in [4.69, 9.17) is 0 Å². The quantitative estimate of drug-likeness (QED) is 0.808. The topological polar surface area (TPSA) is 45.2 Å². The Balaban J connectivity index is 1.97. The Labute approximate surface area is 95.7 Å². The van der Waals surface area contributed by atoms with Crippen LogP contribution in [0.2, 0.25) is 0 Å². The molecule has 1 aliphatic heterocycles. The molecule has 1 N–H and O–H groups in total. The fourth-order valence-corrected chi connectivity index (χ4v) is 1.75. The van der Waals surface area contributed by atoms with E-state index in [0.717, 1.165) is 25.3 Å². The van der Waals surface area contributed by atoms with Crippen LogP contribution in [0.25, 0.3) is 0 Å². The van der Waals surface area contributed by atoms with Crippen LogP contribution in [0.5, 0.6) is 0 Å². The van der Waals surface area contributed by atoms with Crippen LogP contribution in [0.15, 0.2) is 24.4 Å². The van der Waals surface area contributed by atoms with Crippen LogP contribution in [0, 0.1) is 5.92 Å². The minimum absolute atomic E-state index is 0.170. The number of rotatable bonds is 4. The summed E-state index contributed by atoms with van der Waals surface area (Å²) in [4.78, 5) is 18.1. The minimum atomic E-state index is 0.170. The van der Waals surface area contributed by atoms with Gasteiger partial charge in [-0.3, -0.25) is 9.78 Å². The molecule has 16 heavy (non-hydrogen) atoms. The van der Waals surface area contributed by atoms with E-state index in [1.807, 2.05) is 30.0 Å². The molecule has 0 saturated carbocycles. The molecule has 1 fully saturated rings. The van der Waals surface area contributed by atoms with E-state index < -0.39 is 0 Å². The standard InChI is InChI=1S/C12H17N3O/c1-2-15(12(16)10-7-13-8-10)9-11-5-3-4-6-14-11/h3-6,10,13H,2,7-9H2,1H3. The highest BCUT2D eigenvalue weighted by atomic mass is 16.2. The fraction of sp³-hybridized carbons (Fsp3) is 0.500. The maximum atomic E-state index is 12.0. The summed E-state index contributed by atoms with van der Waals surface area (Å²) in [5.74, 6) is 0.413. The number of aromatic nitrogens is 1. The number of carbonyl (C=O) groups is 1. The molecule has 1 aliphatic rings. The number of hydrogen-bond donors (Lipinski definition) is 1. The summed E-state index contributed by atoms with van der Waals surface area (Å²) >= 11 is 0. The van der Waals surface area contributed by atoms with Crippen LogP contribution in [0.4, 0.5) is 0 Å². The van der Waals surface area contributed by atoms with Gasteiger partial charge >= 0.3 is 0 Å². The van der Waals surface area contributed by atoms with Gasteiger partial charge in [0.15, 0.2) is 0 Å². The first-order valence-electron chi connectivity index (χ1n) is 5.70. The molecule has 0 unspecified atom stereocenters. The van der Waals surface area contributed by atoms with Gasteiger partial charge in [0, 0.05) is 25.8 Å². The number of nitrogens with one attached hydrogen (secondary N) is 1. The van der Waals surface area contributed by atoms with Crippen molar-refractivity contribution in [3.05, 3.63) is 30.1 Å². The molecule has 1 saturated heterocycles. The molecular formula is C12H17N3O. The second kappa shape index (κ2) is 5.07. The lowest BCUT2D eigenvalue weighted by Crippen LogP contribution is -2.51. The Morgan fingerprint density at radius 1 is 1.56 bits per heavy atom. The highest BCUT2D eigenvalue weighted by Gasteiger charge is 2.28. The van der Waals surface area contributed by atoms with Crippen LogP contribution < -0.4 is 5.32 Å². The Morgan fingerprint density at radius 3 is 2.88 bits per heavy atom. The van der Waals surface area contributed by atoms with Gasteiger partial charge in [-0.2, -0.15) is 0 Å². The first-order chi connectivity index (χ1) is 7.81. The molecule has 0 aromatic carbocycles. The van der Waals surface area contributed by atoms with Crippen molar-refractivity contribution in [1.82, 2.24) is 15.2 Å². The molecule has 1 aromatic rings. The van der Waals surface area contributed by atoms with Gasteiger partial charge in [-0.1, -0.05) is 6.07 Å². The van der Waals surface area contributed by atoms with E-state index in [1.165, 1.54) is 0 Å². The monoisotopic (exact) mass is 219 g/mol. The fourth-order valence-electron chi connectivity index (χ4n) is 1.75. The zero-order valence-electron chi connectivity index (χ0n) is 9.52. The third-order valence-corrected chi connectivity index (χ3v) is 2.90. The average Bonchev–Trinajstić information content (AvgIpc) is 2.25. The lowest BCUT2D eigenvalue weighted by molar-refractivity contribution is -0.137. The molecule has 1 aromatic heterocycles. The molecule has 2 heterocycles. The summed E-state index contributed by atoms with van der Waals surface area (Å²) in [6.07, 6.45) is 1.76. The van der Waals surface area contributed by atoms with Gasteiger partial charge < -0.3 is 10.2 Å². The lowest BCUT2D eigenvalue weighted by Gasteiger charge is -2.31.